The molecule has 0 spiro atoms. The van der Waals surface area contributed by atoms with Crippen LogP contribution in [0.2, 0.25) is 0 Å². The summed E-state index contributed by atoms with van der Waals surface area (Å²) in [7, 11) is 0. The molecule has 1 atom stereocenters. The van der Waals surface area contributed by atoms with Crippen LogP contribution in [0.15, 0.2) is 97.1 Å². The number of aliphatic hydroxyl groups excluding tert-OH is 1. The van der Waals surface area contributed by atoms with E-state index in [0.29, 0.717) is 22.4 Å². The molecule has 198 valence electrons. The number of halogens is 6. The third-order valence-electron chi connectivity index (χ3n) is 6.45. The lowest BCUT2D eigenvalue weighted by molar-refractivity contribution is -0.288. The number of rotatable bonds is 6. The van der Waals surface area contributed by atoms with E-state index in [9.17, 15) is 31.4 Å². The zero-order valence-corrected chi connectivity index (χ0v) is 20.4. The normalized spacial score (nSPS) is 13.3. The zero-order chi connectivity index (χ0) is 27.7. The highest BCUT2D eigenvalue weighted by Gasteiger charge is 2.72. The molecular weight excluding hydrogens is 506 g/mol. The second kappa shape index (κ2) is 10.2. The van der Waals surface area contributed by atoms with Gasteiger partial charge in [-0.1, -0.05) is 83.9 Å². The van der Waals surface area contributed by atoms with Crippen molar-refractivity contribution in [2.24, 2.45) is 0 Å². The van der Waals surface area contributed by atoms with E-state index < -0.39 is 35.0 Å². The lowest BCUT2D eigenvalue weighted by Crippen LogP contribution is -2.54. The van der Waals surface area contributed by atoms with Crippen molar-refractivity contribution in [3.63, 3.8) is 0 Å². The third-order valence-corrected chi connectivity index (χ3v) is 6.45. The van der Waals surface area contributed by atoms with Crippen LogP contribution in [0.4, 0.5) is 26.3 Å². The summed E-state index contributed by atoms with van der Waals surface area (Å²) >= 11 is 0. The van der Waals surface area contributed by atoms with Gasteiger partial charge in [-0.15, -0.1) is 0 Å². The summed E-state index contributed by atoms with van der Waals surface area (Å²) in [5.74, 6) is 0.358. The predicted molar refractivity (Wildman–Crippen MR) is 132 cm³/mol. The van der Waals surface area contributed by atoms with Gasteiger partial charge in [-0.05, 0) is 60.4 Å². The van der Waals surface area contributed by atoms with Gasteiger partial charge in [-0.2, -0.15) is 26.3 Å². The molecule has 0 amide bonds. The molecule has 4 aromatic carbocycles. The van der Waals surface area contributed by atoms with E-state index in [0.717, 1.165) is 42.0 Å². The number of hydrogen-bond donors (Lipinski definition) is 1. The van der Waals surface area contributed by atoms with Crippen molar-refractivity contribution in [1.82, 2.24) is 0 Å². The summed E-state index contributed by atoms with van der Waals surface area (Å²) in [6.45, 7) is 3.51. The molecule has 0 saturated heterocycles. The zero-order valence-electron chi connectivity index (χ0n) is 20.4. The van der Waals surface area contributed by atoms with E-state index in [-0.39, 0.29) is 5.75 Å². The lowest BCUT2D eigenvalue weighted by Gasteiger charge is -2.38. The summed E-state index contributed by atoms with van der Waals surface area (Å²) in [5, 5.41) is 10.6. The molecule has 0 bridgehead atoms. The van der Waals surface area contributed by atoms with Crippen LogP contribution < -0.4 is 4.74 Å². The molecule has 0 aliphatic heterocycles. The number of aliphatic hydroxyl groups is 1. The molecule has 0 aromatic heterocycles. The monoisotopic (exact) mass is 530 g/mol. The Morgan fingerprint density at radius 3 is 1.24 bits per heavy atom. The number of aryl methyl sites for hydroxylation is 2. The lowest BCUT2D eigenvalue weighted by atomic mass is 9.72. The first-order valence-electron chi connectivity index (χ1n) is 11.7. The molecule has 2 nitrogen and oxygen atoms in total. The van der Waals surface area contributed by atoms with Crippen LogP contribution >= 0.6 is 0 Å². The Morgan fingerprint density at radius 2 is 0.842 bits per heavy atom. The number of hydrogen-bond acceptors (Lipinski definition) is 2. The van der Waals surface area contributed by atoms with Gasteiger partial charge in [0.05, 0.1) is 0 Å². The van der Waals surface area contributed by atoms with Gasteiger partial charge in [-0.3, -0.25) is 0 Å². The van der Waals surface area contributed by atoms with Crippen LogP contribution in [0.3, 0.4) is 0 Å². The summed E-state index contributed by atoms with van der Waals surface area (Å²) in [6, 6.07) is 21.6. The fourth-order valence-corrected chi connectivity index (χ4v) is 4.35. The first kappa shape index (κ1) is 27.3. The van der Waals surface area contributed by atoms with E-state index >= 15 is 0 Å². The van der Waals surface area contributed by atoms with Crippen LogP contribution in [0, 0.1) is 13.8 Å². The van der Waals surface area contributed by atoms with Crippen molar-refractivity contribution < 1.29 is 36.2 Å². The molecule has 1 unspecified atom stereocenters. The van der Waals surface area contributed by atoms with Crippen molar-refractivity contribution >= 4 is 0 Å². The average Bonchev–Trinajstić information content (AvgIpc) is 2.85. The van der Waals surface area contributed by atoms with Gasteiger partial charge in [0, 0.05) is 0 Å². The summed E-state index contributed by atoms with van der Waals surface area (Å²) < 4.78 is 91.2. The van der Waals surface area contributed by atoms with E-state index in [2.05, 4.69) is 0 Å². The van der Waals surface area contributed by atoms with Crippen LogP contribution in [-0.2, 0) is 5.41 Å². The molecule has 0 aliphatic rings. The van der Waals surface area contributed by atoms with Crippen LogP contribution in [0.5, 0.6) is 11.5 Å². The fourth-order valence-electron chi connectivity index (χ4n) is 4.35. The SMILES string of the molecule is Cc1ccc(C(O)c2ccc(Oc3ccc(C(c4ccc(C)cc4)(C(F)(F)F)C(F)(F)F)cc3)cc2)cc1. The van der Waals surface area contributed by atoms with E-state index in [1.807, 2.05) is 31.2 Å². The van der Waals surface area contributed by atoms with Gasteiger partial charge in [-0.25, -0.2) is 0 Å². The average molecular weight is 531 g/mol. The summed E-state index contributed by atoms with van der Waals surface area (Å²) in [6.07, 6.45) is -12.2. The highest BCUT2D eigenvalue weighted by Crippen LogP contribution is 2.56. The topological polar surface area (TPSA) is 29.5 Å². The van der Waals surface area contributed by atoms with Crippen molar-refractivity contribution in [1.29, 1.82) is 0 Å². The van der Waals surface area contributed by atoms with Gasteiger partial charge in [0.25, 0.3) is 0 Å². The Balaban J connectivity index is 1.61. The largest absolute Gasteiger partial charge is 0.457 e. The van der Waals surface area contributed by atoms with Gasteiger partial charge >= 0.3 is 12.4 Å². The minimum absolute atomic E-state index is 0.0581. The maximum Gasteiger partial charge on any atom is 0.411 e. The van der Waals surface area contributed by atoms with Crippen molar-refractivity contribution in [2.45, 2.75) is 37.7 Å². The Labute approximate surface area is 216 Å². The molecule has 4 rings (SSSR count). The number of benzene rings is 4. The molecule has 0 radical (unpaired) electrons. The Kier molecular flexibility index (Phi) is 7.30. The van der Waals surface area contributed by atoms with Crippen LogP contribution in [0.1, 0.15) is 39.5 Å². The van der Waals surface area contributed by atoms with E-state index in [1.165, 1.54) is 12.1 Å². The minimum atomic E-state index is -5.66. The first-order chi connectivity index (χ1) is 17.8. The van der Waals surface area contributed by atoms with Gasteiger partial charge in [0.1, 0.15) is 17.6 Å². The van der Waals surface area contributed by atoms with Gasteiger partial charge in [0.2, 0.25) is 5.41 Å². The number of ether oxygens (including phenoxy) is 1. The second-order valence-electron chi connectivity index (χ2n) is 9.12. The van der Waals surface area contributed by atoms with Gasteiger partial charge in [0.15, 0.2) is 0 Å². The fraction of sp³-hybridized carbons (Fsp3) is 0.200. The van der Waals surface area contributed by atoms with Crippen LogP contribution in [-0.4, -0.2) is 17.5 Å². The molecule has 38 heavy (non-hydrogen) atoms. The molecule has 0 fully saturated rings. The number of alkyl halides is 6. The standard InChI is InChI=1S/C30H24F6O2/c1-19-3-7-21(8-4-19)27(37)22-9-15-25(16-10-22)38-26-17-13-24(14-18-26)28(29(31,32)33,30(34,35)36)23-11-5-20(2)6-12-23/h3-18,27,37H,1-2H3. The smallest absolute Gasteiger partial charge is 0.411 e. The minimum Gasteiger partial charge on any atom is -0.457 e. The molecule has 8 heteroatoms. The summed E-state index contributed by atoms with van der Waals surface area (Å²) in [4.78, 5) is 0. The third kappa shape index (κ3) is 5.13. The molecule has 4 aromatic rings. The molecule has 1 N–H and O–H groups in total. The quantitative estimate of drug-likeness (QED) is 0.253. The van der Waals surface area contributed by atoms with Crippen molar-refractivity contribution in [3.8, 4) is 11.5 Å². The molecule has 0 saturated carbocycles. The Morgan fingerprint density at radius 1 is 0.526 bits per heavy atom. The maximum absolute atomic E-state index is 14.3. The summed E-state index contributed by atoms with van der Waals surface area (Å²) in [5.41, 5.74) is -3.21. The van der Waals surface area contributed by atoms with E-state index in [4.69, 9.17) is 4.74 Å². The van der Waals surface area contributed by atoms with Crippen LogP contribution in [0.25, 0.3) is 0 Å². The second-order valence-corrected chi connectivity index (χ2v) is 9.12. The Bertz CT molecular complexity index is 1340. The van der Waals surface area contributed by atoms with Crippen molar-refractivity contribution in [2.75, 3.05) is 0 Å². The molecular formula is C30H24F6O2. The van der Waals surface area contributed by atoms with Gasteiger partial charge < -0.3 is 9.84 Å². The first-order valence-corrected chi connectivity index (χ1v) is 11.7. The highest BCUT2D eigenvalue weighted by molar-refractivity contribution is 5.47. The predicted octanol–water partition coefficient (Wildman–Crippen LogP) is 8.59. The van der Waals surface area contributed by atoms with E-state index in [1.54, 1.807) is 31.2 Å². The molecule has 0 heterocycles. The molecule has 0 aliphatic carbocycles. The Hall–Kier alpha value is -3.78. The maximum atomic E-state index is 14.3. The highest BCUT2D eigenvalue weighted by atomic mass is 19.4. The van der Waals surface area contributed by atoms with Crippen molar-refractivity contribution in [3.05, 3.63) is 130 Å².